The van der Waals surface area contributed by atoms with Crippen LogP contribution in [0, 0.1) is 20.9 Å². The van der Waals surface area contributed by atoms with Gasteiger partial charge in [0.1, 0.15) is 0 Å². The van der Waals surface area contributed by atoms with Crippen LogP contribution >= 0.6 is 15.9 Å². The van der Waals surface area contributed by atoms with E-state index in [2.05, 4.69) is 20.8 Å². The number of Topliss-reactive ketones (excluding diaryl/α,β-unsaturated/α-hetero) is 2. The Morgan fingerprint density at radius 2 is 1.51 bits per heavy atom. The van der Waals surface area contributed by atoms with Gasteiger partial charge in [-0.3, -0.25) is 19.7 Å². The van der Waals surface area contributed by atoms with Gasteiger partial charge in [0.25, 0.3) is 0 Å². The molecule has 2 aromatic carbocycles. The van der Waals surface area contributed by atoms with E-state index in [1.165, 1.54) is 7.11 Å². The van der Waals surface area contributed by atoms with Crippen molar-refractivity contribution >= 4 is 33.2 Å². The van der Waals surface area contributed by atoms with Crippen molar-refractivity contribution in [3.8, 4) is 17.2 Å². The van der Waals surface area contributed by atoms with Gasteiger partial charge in [-0.25, -0.2) is 0 Å². The van der Waals surface area contributed by atoms with Crippen molar-refractivity contribution in [2.75, 3.05) is 27.4 Å². The van der Waals surface area contributed by atoms with Crippen molar-refractivity contribution in [2.24, 2.45) is 10.8 Å². The van der Waals surface area contributed by atoms with Gasteiger partial charge in [-0.2, -0.15) is 13.2 Å². The number of methoxy groups -OCH3 is 2. The number of nitro benzene ring substituents is 1. The molecule has 3 aliphatic rings. The molecule has 0 unspecified atom stereocenters. The Kier molecular flexibility index (Phi) is 9.12. The summed E-state index contributed by atoms with van der Waals surface area (Å²) in [6, 6.07) is 5.27. The molecule has 252 valence electrons. The fourth-order valence-electron chi connectivity index (χ4n) is 6.87. The Hall–Kier alpha value is -3.71. The van der Waals surface area contributed by atoms with Crippen molar-refractivity contribution in [3.63, 3.8) is 0 Å². The number of hydrogen-bond acceptors (Lipinski definition) is 8. The Morgan fingerprint density at radius 3 is 2.00 bits per heavy atom. The van der Waals surface area contributed by atoms with Crippen LogP contribution < -0.4 is 9.47 Å². The SMILES string of the molecule is COCCN1C2=C(C(=O)CC(C)(C)C2)C(c2cc(Br)c(Oc3ccc(C(F)(F)F)cc3[N+](=O)[O-])c(OC)c2)C2=C1CC(C)(C)CC2=O. The molecule has 0 aromatic heterocycles. The van der Waals surface area contributed by atoms with Crippen LogP contribution in [0.25, 0.3) is 0 Å². The standard InChI is InChI=1S/C34H36BrF3N2O7/c1-32(2)14-22-29(24(41)16-32)28(30-23(39(22)9-10-45-5)15-33(3,4)17-25(30)42)18-11-20(35)31(27(12-18)46-6)47-26-8-7-19(34(36,37)38)13-21(26)40(43)44/h7-8,11-13,28H,9-10,14-17H2,1-6H3. The molecule has 0 saturated heterocycles. The molecular formula is C34H36BrF3N2O7. The summed E-state index contributed by atoms with van der Waals surface area (Å²) in [4.78, 5) is 41.0. The molecule has 0 N–H and O–H groups in total. The minimum atomic E-state index is -4.79. The number of carbonyl (C=O) groups excluding carboxylic acids is 2. The van der Waals surface area contributed by atoms with E-state index < -0.39 is 34.0 Å². The number of allylic oxidation sites excluding steroid dienone is 4. The summed E-state index contributed by atoms with van der Waals surface area (Å²) in [5.41, 5.74) is 0.647. The lowest BCUT2D eigenvalue weighted by molar-refractivity contribution is -0.385. The minimum Gasteiger partial charge on any atom is -0.493 e. The second-order valence-electron chi connectivity index (χ2n) is 13.8. The molecule has 2 aromatic rings. The number of nitro groups is 1. The molecule has 0 saturated carbocycles. The van der Waals surface area contributed by atoms with Gasteiger partial charge in [0.2, 0.25) is 5.75 Å². The van der Waals surface area contributed by atoms with E-state index in [1.54, 1.807) is 19.2 Å². The highest BCUT2D eigenvalue weighted by molar-refractivity contribution is 9.10. The number of ether oxygens (including phenoxy) is 3. The maximum Gasteiger partial charge on any atom is 0.416 e. The number of nitrogens with zero attached hydrogens (tertiary/aromatic N) is 2. The van der Waals surface area contributed by atoms with Crippen LogP contribution in [0.2, 0.25) is 0 Å². The van der Waals surface area contributed by atoms with Crippen LogP contribution in [-0.4, -0.2) is 48.8 Å². The Labute approximate surface area is 279 Å². The van der Waals surface area contributed by atoms with Gasteiger partial charge >= 0.3 is 11.9 Å². The predicted molar refractivity (Wildman–Crippen MR) is 170 cm³/mol. The molecule has 13 heteroatoms. The highest BCUT2D eigenvalue weighted by atomic mass is 79.9. The summed E-state index contributed by atoms with van der Waals surface area (Å²) < 4.78 is 57.1. The molecule has 5 rings (SSSR count). The molecule has 0 amide bonds. The second kappa shape index (κ2) is 12.4. The second-order valence-corrected chi connectivity index (χ2v) is 14.6. The van der Waals surface area contributed by atoms with Crippen LogP contribution in [0.1, 0.15) is 70.4 Å². The van der Waals surface area contributed by atoms with E-state index in [1.807, 2.05) is 27.7 Å². The van der Waals surface area contributed by atoms with Crippen molar-refractivity contribution < 1.29 is 41.9 Å². The number of alkyl halides is 3. The smallest absolute Gasteiger partial charge is 0.416 e. The Bertz CT molecular complexity index is 1670. The van der Waals surface area contributed by atoms with Crippen LogP contribution in [0.3, 0.4) is 0 Å². The zero-order valence-corrected chi connectivity index (χ0v) is 28.6. The monoisotopic (exact) mass is 720 g/mol. The lowest BCUT2D eigenvalue weighted by Gasteiger charge is -2.49. The molecular weight excluding hydrogens is 685 g/mol. The Balaban J connectivity index is 1.69. The fourth-order valence-corrected chi connectivity index (χ4v) is 7.41. The lowest BCUT2D eigenvalue weighted by Crippen LogP contribution is -2.45. The summed E-state index contributed by atoms with van der Waals surface area (Å²) in [5, 5.41) is 11.7. The molecule has 0 fully saturated rings. The zero-order valence-electron chi connectivity index (χ0n) is 27.0. The quantitative estimate of drug-likeness (QED) is 0.197. The molecule has 47 heavy (non-hydrogen) atoms. The van der Waals surface area contributed by atoms with Crippen molar-refractivity contribution in [3.05, 3.63) is 78.6 Å². The van der Waals surface area contributed by atoms with Gasteiger partial charge in [-0.1, -0.05) is 27.7 Å². The maximum absolute atomic E-state index is 14.0. The third kappa shape index (κ3) is 6.69. The van der Waals surface area contributed by atoms with E-state index in [4.69, 9.17) is 14.2 Å². The van der Waals surface area contributed by atoms with Gasteiger partial charge in [0.05, 0.1) is 28.7 Å². The average Bonchev–Trinajstić information content (AvgIpc) is 2.94. The van der Waals surface area contributed by atoms with Crippen LogP contribution in [0.4, 0.5) is 18.9 Å². The molecule has 0 bridgehead atoms. The van der Waals surface area contributed by atoms with Gasteiger partial charge in [-0.05, 0) is 69.4 Å². The van der Waals surface area contributed by atoms with Gasteiger partial charge < -0.3 is 19.1 Å². The van der Waals surface area contributed by atoms with Crippen molar-refractivity contribution in [1.82, 2.24) is 4.90 Å². The predicted octanol–water partition coefficient (Wildman–Crippen LogP) is 8.51. The summed E-state index contributed by atoms with van der Waals surface area (Å²) in [6.07, 6.45) is -2.99. The number of rotatable bonds is 8. The lowest BCUT2D eigenvalue weighted by atomic mass is 9.63. The molecule has 0 radical (unpaired) electrons. The normalized spacial score (nSPS) is 19.5. The summed E-state index contributed by atoms with van der Waals surface area (Å²) in [6.45, 7) is 9.05. The highest BCUT2D eigenvalue weighted by Crippen LogP contribution is 2.56. The molecule has 1 aliphatic heterocycles. The van der Waals surface area contributed by atoms with E-state index in [-0.39, 0.29) is 38.4 Å². The third-order valence-electron chi connectivity index (χ3n) is 8.82. The number of carbonyl (C=O) groups is 2. The average molecular weight is 722 g/mol. The van der Waals surface area contributed by atoms with Crippen LogP contribution in [-0.2, 0) is 20.5 Å². The first-order valence-corrected chi connectivity index (χ1v) is 15.9. The summed E-state index contributed by atoms with van der Waals surface area (Å²) in [7, 11) is 2.96. The summed E-state index contributed by atoms with van der Waals surface area (Å²) >= 11 is 3.48. The molecule has 1 heterocycles. The number of benzene rings is 2. The van der Waals surface area contributed by atoms with E-state index in [0.717, 1.165) is 17.5 Å². The number of ketones is 2. The highest BCUT2D eigenvalue weighted by Gasteiger charge is 2.49. The minimum absolute atomic E-state index is 0.0211. The molecule has 2 aliphatic carbocycles. The molecule has 0 atom stereocenters. The van der Waals surface area contributed by atoms with Gasteiger partial charge in [0.15, 0.2) is 23.1 Å². The van der Waals surface area contributed by atoms with Crippen molar-refractivity contribution in [1.29, 1.82) is 0 Å². The number of halogens is 4. The third-order valence-corrected chi connectivity index (χ3v) is 9.41. The molecule has 0 spiro atoms. The van der Waals surface area contributed by atoms with Crippen LogP contribution in [0.5, 0.6) is 17.2 Å². The first-order valence-electron chi connectivity index (χ1n) is 15.1. The van der Waals surface area contributed by atoms with Gasteiger partial charge in [-0.15, -0.1) is 0 Å². The first-order chi connectivity index (χ1) is 21.9. The Morgan fingerprint density at radius 1 is 0.936 bits per heavy atom. The van der Waals surface area contributed by atoms with E-state index >= 15 is 0 Å². The van der Waals surface area contributed by atoms with Crippen LogP contribution in [0.15, 0.2) is 57.3 Å². The van der Waals surface area contributed by atoms with Crippen molar-refractivity contribution in [2.45, 2.75) is 65.5 Å². The fraction of sp³-hybridized carbons (Fsp3) is 0.471. The first kappa shape index (κ1) is 34.6. The maximum atomic E-state index is 14.0. The van der Waals surface area contributed by atoms with Gasteiger partial charge in [0, 0.05) is 61.0 Å². The molecule has 9 nitrogen and oxygen atoms in total. The number of hydrogen-bond donors (Lipinski definition) is 0. The van der Waals surface area contributed by atoms with E-state index in [0.29, 0.717) is 67.7 Å². The topological polar surface area (TPSA) is 108 Å². The summed E-state index contributed by atoms with van der Waals surface area (Å²) in [5.74, 6) is -1.20. The van der Waals surface area contributed by atoms with E-state index in [9.17, 15) is 32.9 Å². The largest absolute Gasteiger partial charge is 0.493 e. The zero-order chi connectivity index (χ0) is 34.6.